The van der Waals surface area contributed by atoms with Crippen LogP contribution >= 0.6 is 0 Å². The average molecular weight is 665 g/mol. The molecule has 10 nitrogen and oxygen atoms in total. The van der Waals surface area contributed by atoms with E-state index in [1.807, 2.05) is 0 Å². The molecule has 6 N–H and O–H groups in total. The van der Waals surface area contributed by atoms with Crippen molar-refractivity contribution in [1.29, 1.82) is 0 Å². The van der Waals surface area contributed by atoms with Crippen molar-refractivity contribution in [2.45, 2.75) is 0 Å². The summed E-state index contributed by atoms with van der Waals surface area (Å²) in [5, 5.41) is 46.4. The van der Waals surface area contributed by atoms with Crippen molar-refractivity contribution in [3.05, 3.63) is 156 Å². The largest absolute Gasteiger partial charge is 0.478 e. The first-order valence-corrected chi connectivity index (χ1v) is 15.3. The van der Waals surface area contributed by atoms with Gasteiger partial charge in [-0.1, -0.05) is 78.9 Å². The van der Waals surface area contributed by atoms with Crippen LogP contribution in [0.1, 0.15) is 41.4 Å². The van der Waals surface area contributed by atoms with Crippen molar-refractivity contribution in [3.8, 4) is 33.4 Å². The molecule has 0 saturated heterocycles. The van der Waals surface area contributed by atoms with E-state index in [0.29, 0.717) is 44.9 Å². The molecular weight excluding hydrogens is 636 g/mol. The normalized spacial score (nSPS) is 10.6. The van der Waals surface area contributed by atoms with E-state index in [-0.39, 0.29) is 33.5 Å². The summed E-state index contributed by atoms with van der Waals surface area (Å²) >= 11 is 0. The van der Waals surface area contributed by atoms with Crippen molar-refractivity contribution < 1.29 is 39.6 Å². The number of benzene rings is 6. The number of rotatable bonds is 11. The third-order valence-corrected chi connectivity index (χ3v) is 8.12. The molecule has 246 valence electrons. The zero-order valence-corrected chi connectivity index (χ0v) is 26.1. The molecule has 6 aromatic rings. The van der Waals surface area contributed by atoms with Crippen molar-refractivity contribution in [2.75, 3.05) is 10.6 Å². The predicted octanol–water partition coefficient (Wildman–Crippen LogP) is 8.97. The summed E-state index contributed by atoms with van der Waals surface area (Å²) in [5.74, 6) is -4.67. The maximum Gasteiger partial charge on any atom is 0.337 e. The number of para-hydroxylation sites is 2. The number of carboxylic acid groups (broad SMARTS) is 4. The van der Waals surface area contributed by atoms with Crippen LogP contribution in [0.5, 0.6) is 0 Å². The van der Waals surface area contributed by atoms with E-state index < -0.39 is 23.9 Å². The van der Waals surface area contributed by atoms with E-state index in [2.05, 4.69) is 10.6 Å². The number of carboxylic acids is 4. The van der Waals surface area contributed by atoms with Gasteiger partial charge in [-0.05, 0) is 76.9 Å². The van der Waals surface area contributed by atoms with E-state index in [0.717, 1.165) is 0 Å². The van der Waals surface area contributed by atoms with E-state index in [9.17, 15) is 39.6 Å². The number of aromatic carboxylic acids is 4. The van der Waals surface area contributed by atoms with Gasteiger partial charge < -0.3 is 31.1 Å². The molecule has 0 fully saturated rings. The van der Waals surface area contributed by atoms with E-state index in [1.165, 1.54) is 24.3 Å². The summed E-state index contributed by atoms with van der Waals surface area (Å²) in [6.07, 6.45) is 0. The smallest absolute Gasteiger partial charge is 0.337 e. The average Bonchev–Trinajstić information content (AvgIpc) is 3.12. The molecule has 0 amide bonds. The number of hydrogen-bond acceptors (Lipinski definition) is 6. The summed E-state index contributed by atoms with van der Waals surface area (Å²) in [6, 6.07) is 36.0. The van der Waals surface area contributed by atoms with Gasteiger partial charge in [-0.3, -0.25) is 0 Å². The van der Waals surface area contributed by atoms with Crippen LogP contribution in [0.25, 0.3) is 33.4 Å². The first-order valence-electron chi connectivity index (χ1n) is 15.3. The molecule has 0 spiro atoms. The second kappa shape index (κ2) is 13.9. The van der Waals surface area contributed by atoms with Gasteiger partial charge in [0.05, 0.1) is 33.6 Å². The van der Waals surface area contributed by atoms with Gasteiger partial charge in [-0.15, -0.1) is 0 Å². The van der Waals surface area contributed by atoms with Gasteiger partial charge in [0.15, 0.2) is 0 Å². The van der Waals surface area contributed by atoms with Crippen molar-refractivity contribution in [1.82, 2.24) is 0 Å². The van der Waals surface area contributed by atoms with Gasteiger partial charge in [0.25, 0.3) is 0 Å². The minimum atomic E-state index is -1.21. The first-order chi connectivity index (χ1) is 24.1. The Balaban J connectivity index is 1.62. The Labute approximate surface area is 285 Å². The molecular formula is C40H28N2O8. The third kappa shape index (κ3) is 6.49. The highest BCUT2D eigenvalue weighted by molar-refractivity contribution is 6.10. The van der Waals surface area contributed by atoms with Crippen LogP contribution in [-0.4, -0.2) is 44.3 Å². The van der Waals surface area contributed by atoms with Crippen molar-refractivity contribution in [2.24, 2.45) is 0 Å². The van der Waals surface area contributed by atoms with Crippen LogP contribution in [0.2, 0.25) is 0 Å². The first kappa shape index (κ1) is 32.7. The SMILES string of the molecule is O=C(O)c1ccccc1Nc1ccc(-c2ccc(Nc3ccccc3C(=O)O)c(-c3ccccc3C(=O)O)c2-c2ccccc2C(=O)O)cc1. The molecule has 6 rings (SSSR count). The van der Waals surface area contributed by atoms with Gasteiger partial charge in [0, 0.05) is 22.5 Å². The molecule has 0 aliphatic rings. The Kier molecular flexibility index (Phi) is 9.09. The summed E-state index contributed by atoms with van der Waals surface area (Å²) in [6.45, 7) is 0. The minimum absolute atomic E-state index is 0.0194. The lowest BCUT2D eigenvalue weighted by molar-refractivity contribution is 0.0686. The Hall–Kier alpha value is -7.20. The molecule has 10 heteroatoms. The van der Waals surface area contributed by atoms with Gasteiger partial charge in [0.1, 0.15) is 0 Å². The van der Waals surface area contributed by atoms with E-state index in [1.54, 1.807) is 109 Å². The van der Waals surface area contributed by atoms with Gasteiger partial charge in [-0.2, -0.15) is 0 Å². The molecule has 0 aliphatic heterocycles. The maximum atomic E-state index is 12.6. The summed E-state index contributed by atoms with van der Waals surface area (Å²) in [4.78, 5) is 49.1. The standard InChI is InChI=1S/C40H28N2O8/c43-37(44)28-11-3-1-9-26(28)35-25(23-17-19-24(20-18-23)41-32-15-7-5-13-30(32)39(47)48)21-22-34(42-33-16-8-6-14-31(33)40(49)50)36(35)27-10-2-4-12-29(27)38(45)46/h1-22,41-42H,(H,43,44)(H,45,46)(H,47,48)(H,49,50). The Morgan fingerprint density at radius 2 is 0.780 bits per heavy atom. The van der Waals surface area contributed by atoms with E-state index in [4.69, 9.17) is 0 Å². The second-order valence-electron chi connectivity index (χ2n) is 11.1. The fraction of sp³-hybridized carbons (Fsp3) is 0. The van der Waals surface area contributed by atoms with E-state index >= 15 is 0 Å². The van der Waals surface area contributed by atoms with Crippen LogP contribution < -0.4 is 10.6 Å². The number of carbonyl (C=O) groups is 4. The summed E-state index contributed by atoms with van der Waals surface area (Å²) < 4.78 is 0. The predicted molar refractivity (Wildman–Crippen MR) is 190 cm³/mol. The summed E-state index contributed by atoms with van der Waals surface area (Å²) in [7, 11) is 0. The zero-order valence-electron chi connectivity index (χ0n) is 26.1. The monoisotopic (exact) mass is 664 g/mol. The highest BCUT2D eigenvalue weighted by Gasteiger charge is 2.25. The van der Waals surface area contributed by atoms with Crippen LogP contribution in [0.4, 0.5) is 22.7 Å². The van der Waals surface area contributed by atoms with Crippen LogP contribution in [0.3, 0.4) is 0 Å². The Bertz CT molecular complexity index is 2300. The molecule has 0 saturated carbocycles. The Morgan fingerprint density at radius 3 is 1.28 bits per heavy atom. The lowest BCUT2D eigenvalue weighted by atomic mass is 9.83. The maximum absolute atomic E-state index is 12.6. The molecule has 6 aromatic carbocycles. The van der Waals surface area contributed by atoms with Gasteiger partial charge in [-0.25, -0.2) is 19.2 Å². The van der Waals surface area contributed by atoms with Crippen LogP contribution in [-0.2, 0) is 0 Å². The molecule has 0 bridgehead atoms. The van der Waals surface area contributed by atoms with Crippen LogP contribution in [0, 0.1) is 0 Å². The lowest BCUT2D eigenvalue weighted by Gasteiger charge is -2.23. The van der Waals surface area contributed by atoms with Crippen LogP contribution in [0.15, 0.2) is 133 Å². The summed E-state index contributed by atoms with van der Waals surface area (Å²) in [5.41, 5.74) is 4.08. The second-order valence-corrected chi connectivity index (χ2v) is 11.1. The van der Waals surface area contributed by atoms with Crippen molar-refractivity contribution in [3.63, 3.8) is 0 Å². The topological polar surface area (TPSA) is 173 Å². The van der Waals surface area contributed by atoms with Crippen molar-refractivity contribution >= 4 is 46.6 Å². The Morgan fingerprint density at radius 1 is 0.360 bits per heavy atom. The molecule has 0 atom stereocenters. The molecule has 0 unspecified atom stereocenters. The number of anilines is 4. The quantitative estimate of drug-likeness (QED) is 0.0785. The number of nitrogens with one attached hydrogen (secondary N) is 2. The fourth-order valence-corrected chi connectivity index (χ4v) is 5.87. The molecule has 0 heterocycles. The molecule has 0 radical (unpaired) electrons. The minimum Gasteiger partial charge on any atom is -0.478 e. The molecule has 50 heavy (non-hydrogen) atoms. The fourth-order valence-electron chi connectivity index (χ4n) is 5.87. The van der Waals surface area contributed by atoms with Gasteiger partial charge >= 0.3 is 23.9 Å². The lowest BCUT2D eigenvalue weighted by Crippen LogP contribution is -2.07. The van der Waals surface area contributed by atoms with Gasteiger partial charge in [0.2, 0.25) is 0 Å². The number of hydrogen-bond donors (Lipinski definition) is 6. The highest BCUT2D eigenvalue weighted by atomic mass is 16.4. The highest BCUT2D eigenvalue weighted by Crippen LogP contribution is 2.47. The zero-order chi connectivity index (χ0) is 35.4. The molecule has 0 aromatic heterocycles. The third-order valence-electron chi connectivity index (χ3n) is 8.12. The molecule has 0 aliphatic carbocycles.